The summed E-state index contributed by atoms with van der Waals surface area (Å²) in [6.07, 6.45) is 0. The largest absolute Gasteiger partial charge is 0.531 e. The Morgan fingerprint density at radius 3 is 1.31 bits per heavy atom. The van der Waals surface area contributed by atoms with Crippen LogP contribution in [0.1, 0.15) is 31.9 Å². The minimum atomic E-state index is -2.21. The van der Waals surface area contributed by atoms with Gasteiger partial charge in [-0.05, 0) is 59.5 Å². The van der Waals surface area contributed by atoms with Crippen LogP contribution in [0.5, 0.6) is 0 Å². The summed E-state index contributed by atoms with van der Waals surface area (Å²) >= 11 is 0. The van der Waals surface area contributed by atoms with Crippen LogP contribution in [0, 0.1) is 0 Å². The molecule has 4 aromatic carbocycles. The predicted octanol–water partition coefficient (Wildman–Crippen LogP) is 7.75. The van der Waals surface area contributed by atoms with Crippen LogP contribution in [-0.4, -0.2) is 10.8 Å². The van der Waals surface area contributed by atoms with E-state index >= 15 is 0 Å². The zero-order valence-corrected chi connectivity index (χ0v) is 19.5. The van der Waals surface area contributed by atoms with E-state index < -0.39 is 10.3 Å². The Labute approximate surface area is 192 Å². The van der Waals surface area contributed by atoms with Crippen LogP contribution >= 0.6 is 10.3 Å². The maximum absolute atomic E-state index is 11.2. The van der Waals surface area contributed by atoms with E-state index in [4.69, 9.17) is 4.18 Å². The molecule has 0 bridgehead atoms. The summed E-state index contributed by atoms with van der Waals surface area (Å²) in [5, 5.41) is 0. The molecule has 4 rings (SSSR count). The molecule has 3 heteroatoms. The van der Waals surface area contributed by atoms with Crippen molar-refractivity contribution in [2.24, 2.45) is 0 Å². The second-order valence-electron chi connectivity index (χ2n) is 8.71. The average Bonchev–Trinajstić information content (AvgIpc) is 2.83. The first-order valence-corrected chi connectivity index (χ1v) is 12.3. The highest BCUT2D eigenvalue weighted by atomic mass is 32.3. The molecule has 0 unspecified atom stereocenters. The first-order valence-electron chi connectivity index (χ1n) is 10.8. The Morgan fingerprint density at radius 1 is 0.594 bits per heavy atom. The highest BCUT2D eigenvalue weighted by molar-refractivity contribution is 8.30. The lowest BCUT2D eigenvalue weighted by molar-refractivity contribution is 0.503. The fourth-order valence-corrected chi connectivity index (χ4v) is 6.73. The second kappa shape index (κ2) is 9.05. The van der Waals surface area contributed by atoms with Crippen LogP contribution in [0.4, 0.5) is 0 Å². The van der Waals surface area contributed by atoms with Crippen molar-refractivity contribution in [1.29, 1.82) is 0 Å². The number of hydrogen-bond donors (Lipinski definition) is 0. The van der Waals surface area contributed by atoms with Gasteiger partial charge in [-0.15, -0.1) is 0 Å². The van der Waals surface area contributed by atoms with Gasteiger partial charge in [-0.3, -0.25) is 0 Å². The third kappa shape index (κ3) is 4.35. The van der Waals surface area contributed by atoms with Gasteiger partial charge < -0.3 is 4.79 Å². The SMILES string of the molecule is CC(C)(C)c1ccc(C(=[OH+])OS(c2ccccc2)(c2ccccc2)c2ccccc2)cc1. The van der Waals surface area contributed by atoms with Gasteiger partial charge in [0.15, 0.2) is 0 Å². The molecular formula is C29H29O2S+. The molecule has 0 fully saturated rings. The van der Waals surface area contributed by atoms with Gasteiger partial charge >= 0.3 is 5.97 Å². The molecule has 0 heterocycles. The number of carbonyl (C=O) groups excluding carboxylic acids is 1. The second-order valence-corrected chi connectivity index (χ2v) is 11.4. The minimum Gasteiger partial charge on any atom is -0.334 e. The normalized spacial score (nSPS) is 12.2. The van der Waals surface area contributed by atoms with Gasteiger partial charge in [-0.2, -0.15) is 0 Å². The molecule has 4 aromatic rings. The fraction of sp³-hybridized carbons (Fsp3) is 0.138. The van der Waals surface area contributed by atoms with Crippen LogP contribution in [0.25, 0.3) is 0 Å². The molecule has 1 N–H and O–H groups in total. The van der Waals surface area contributed by atoms with Gasteiger partial charge in [0.2, 0.25) is 0 Å². The van der Waals surface area contributed by atoms with Crippen molar-refractivity contribution >= 4 is 16.3 Å². The van der Waals surface area contributed by atoms with Crippen molar-refractivity contribution in [3.63, 3.8) is 0 Å². The van der Waals surface area contributed by atoms with Gasteiger partial charge in [0.25, 0.3) is 0 Å². The van der Waals surface area contributed by atoms with Crippen molar-refractivity contribution < 1.29 is 8.98 Å². The van der Waals surface area contributed by atoms with Crippen LogP contribution in [-0.2, 0) is 9.60 Å². The van der Waals surface area contributed by atoms with Crippen LogP contribution in [0.2, 0.25) is 0 Å². The highest BCUT2D eigenvalue weighted by Crippen LogP contribution is 2.69. The van der Waals surface area contributed by atoms with Gasteiger partial charge in [-0.25, -0.2) is 4.18 Å². The molecule has 0 atom stereocenters. The van der Waals surface area contributed by atoms with E-state index in [2.05, 4.69) is 69.3 Å². The monoisotopic (exact) mass is 441 g/mol. The fourth-order valence-electron chi connectivity index (χ4n) is 3.67. The topological polar surface area (TPSA) is 30.6 Å². The standard InChI is InChI=1S/C29H28O2S/c1-29(2,3)24-21-19-23(20-22-24)28(30)31-32(25-13-7-4-8-14-25,26-15-9-5-10-16-26)27-17-11-6-12-18-27/h4-22H,1-3H3/p+1. The molecule has 0 saturated heterocycles. The van der Waals surface area contributed by atoms with E-state index in [1.165, 1.54) is 5.56 Å². The van der Waals surface area contributed by atoms with Crippen molar-refractivity contribution in [3.8, 4) is 0 Å². The van der Waals surface area contributed by atoms with Gasteiger partial charge in [0.05, 0.1) is 25.0 Å². The van der Waals surface area contributed by atoms with Crippen LogP contribution < -0.4 is 0 Å². The molecule has 0 aliphatic heterocycles. The summed E-state index contributed by atoms with van der Waals surface area (Å²) < 4.78 is 6.66. The number of benzene rings is 4. The summed E-state index contributed by atoms with van der Waals surface area (Å²) in [5.41, 5.74) is 1.92. The summed E-state index contributed by atoms with van der Waals surface area (Å²) in [6.45, 7) is 6.53. The molecule has 0 spiro atoms. The lowest BCUT2D eigenvalue weighted by atomic mass is 9.87. The van der Waals surface area contributed by atoms with Crippen LogP contribution in [0.15, 0.2) is 130 Å². The first kappa shape index (κ1) is 21.9. The molecule has 0 amide bonds. The lowest BCUT2D eigenvalue weighted by Gasteiger charge is -2.33. The minimum absolute atomic E-state index is 0.0438. The Bertz CT molecular complexity index is 1070. The van der Waals surface area contributed by atoms with Gasteiger partial charge in [0.1, 0.15) is 5.56 Å². The van der Waals surface area contributed by atoms with Gasteiger partial charge in [-0.1, -0.05) is 87.5 Å². The van der Waals surface area contributed by atoms with E-state index in [0.29, 0.717) is 5.56 Å². The smallest absolute Gasteiger partial charge is 0.334 e. The van der Waals surface area contributed by atoms with Crippen molar-refractivity contribution in [3.05, 3.63) is 126 Å². The third-order valence-electron chi connectivity index (χ3n) is 5.43. The van der Waals surface area contributed by atoms with Crippen molar-refractivity contribution in [2.45, 2.75) is 40.9 Å². The molecule has 0 aliphatic rings. The number of rotatable bonds is 5. The van der Waals surface area contributed by atoms with E-state index in [0.717, 1.165) is 14.7 Å². The molecule has 0 radical (unpaired) electrons. The van der Waals surface area contributed by atoms with E-state index in [1.54, 1.807) is 0 Å². The molecule has 162 valence electrons. The Morgan fingerprint density at radius 2 is 0.969 bits per heavy atom. The van der Waals surface area contributed by atoms with E-state index in [-0.39, 0.29) is 11.4 Å². The zero-order chi connectivity index (χ0) is 22.6. The molecule has 0 aromatic heterocycles. The lowest BCUT2D eigenvalue weighted by Crippen LogP contribution is -2.15. The molecule has 0 aliphatic carbocycles. The predicted molar refractivity (Wildman–Crippen MR) is 134 cm³/mol. The highest BCUT2D eigenvalue weighted by Gasteiger charge is 2.42. The molecule has 32 heavy (non-hydrogen) atoms. The summed E-state index contributed by atoms with van der Waals surface area (Å²) in [7, 11) is -2.21. The average molecular weight is 442 g/mol. The van der Waals surface area contributed by atoms with Crippen LogP contribution in [0.3, 0.4) is 0 Å². The number of hydrogen-bond acceptors (Lipinski definition) is 1. The maximum Gasteiger partial charge on any atom is 0.531 e. The van der Waals surface area contributed by atoms with E-state index in [9.17, 15) is 4.79 Å². The first-order chi connectivity index (χ1) is 15.4. The summed E-state index contributed by atoms with van der Waals surface area (Å²) in [4.78, 5) is 14.3. The zero-order valence-electron chi connectivity index (χ0n) is 18.7. The Hall–Kier alpha value is -3.30. The maximum atomic E-state index is 11.2. The molecule has 2 nitrogen and oxygen atoms in total. The van der Waals surface area contributed by atoms with Gasteiger partial charge in [0, 0.05) is 0 Å². The quantitative estimate of drug-likeness (QED) is 0.291. The Kier molecular flexibility index (Phi) is 6.20. The van der Waals surface area contributed by atoms with Crippen molar-refractivity contribution in [1.82, 2.24) is 0 Å². The Balaban J connectivity index is 1.85. The molecular weight excluding hydrogens is 412 g/mol. The summed E-state index contributed by atoms with van der Waals surface area (Å²) in [5.74, 6) is -0.0722. The third-order valence-corrected chi connectivity index (χ3v) is 8.64. The molecule has 0 saturated carbocycles. The van der Waals surface area contributed by atoms with Crippen molar-refractivity contribution in [2.75, 3.05) is 0 Å². The summed E-state index contributed by atoms with van der Waals surface area (Å²) in [6, 6.07) is 38.5. The van der Waals surface area contributed by atoms with E-state index in [1.807, 2.05) is 66.7 Å².